The van der Waals surface area contributed by atoms with Gasteiger partial charge in [-0.3, -0.25) is 5.10 Å². The van der Waals surface area contributed by atoms with Gasteiger partial charge < -0.3 is 5.32 Å². The fourth-order valence-electron chi connectivity index (χ4n) is 1.71. The molecule has 0 spiro atoms. The lowest BCUT2D eigenvalue weighted by Gasteiger charge is -2.10. The van der Waals surface area contributed by atoms with Crippen LogP contribution in [-0.4, -0.2) is 32.2 Å². The summed E-state index contributed by atoms with van der Waals surface area (Å²) >= 11 is 1.49. The van der Waals surface area contributed by atoms with Crippen molar-refractivity contribution in [1.29, 1.82) is 0 Å². The van der Waals surface area contributed by atoms with Crippen molar-refractivity contribution in [2.24, 2.45) is 0 Å². The number of nitrogens with zero attached hydrogens (tertiary/aromatic N) is 4. The van der Waals surface area contributed by atoms with E-state index in [0.29, 0.717) is 5.92 Å². The van der Waals surface area contributed by atoms with Crippen molar-refractivity contribution in [2.45, 2.75) is 35.9 Å². The van der Waals surface area contributed by atoms with Crippen LogP contribution in [-0.2, 0) is 0 Å². The minimum atomic E-state index is 0.534. The zero-order valence-electron chi connectivity index (χ0n) is 10.3. The SMILES string of the molecule is CNc1nc(C2CC2)nc(Sc2ncn[nH]2)c1C. The molecule has 1 aliphatic carbocycles. The van der Waals surface area contributed by atoms with Gasteiger partial charge in [0, 0.05) is 18.5 Å². The highest BCUT2D eigenvalue weighted by Crippen LogP contribution is 2.40. The topological polar surface area (TPSA) is 79.4 Å². The molecule has 18 heavy (non-hydrogen) atoms. The van der Waals surface area contributed by atoms with E-state index in [4.69, 9.17) is 0 Å². The number of H-pyrrole nitrogens is 1. The molecule has 0 bridgehead atoms. The summed E-state index contributed by atoms with van der Waals surface area (Å²) in [5.74, 6) is 2.37. The van der Waals surface area contributed by atoms with E-state index in [1.165, 1.54) is 30.9 Å². The molecule has 6 nitrogen and oxygen atoms in total. The third kappa shape index (κ3) is 2.17. The maximum atomic E-state index is 4.64. The van der Waals surface area contributed by atoms with Gasteiger partial charge in [0.2, 0.25) is 0 Å². The molecule has 0 saturated heterocycles. The van der Waals surface area contributed by atoms with Crippen molar-refractivity contribution in [3.63, 3.8) is 0 Å². The largest absolute Gasteiger partial charge is 0.373 e. The first kappa shape index (κ1) is 11.5. The summed E-state index contributed by atoms with van der Waals surface area (Å²) in [4.78, 5) is 13.3. The van der Waals surface area contributed by atoms with Gasteiger partial charge in [-0.1, -0.05) is 0 Å². The van der Waals surface area contributed by atoms with E-state index < -0.39 is 0 Å². The Balaban J connectivity index is 1.98. The molecular formula is C11H14N6S. The summed E-state index contributed by atoms with van der Waals surface area (Å²) in [5.41, 5.74) is 1.04. The summed E-state index contributed by atoms with van der Waals surface area (Å²) in [5, 5.41) is 11.5. The molecular weight excluding hydrogens is 248 g/mol. The molecule has 7 heteroatoms. The van der Waals surface area contributed by atoms with Crippen LogP contribution in [0.2, 0.25) is 0 Å². The van der Waals surface area contributed by atoms with Gasteiger partial charge in [0.25, 0.3) is 0 Å². The van der Waals surface area contributed by atoms with Crippen LogP contribution in [0.15, 0.2) is 16.5 Å². The van der Waals surface area contributed by atoms with E-state index in [-0.39, 0.29) is 0 Å². The molecule has 0 radical (unpaired) electrons. The molecule has 0 amide bonds. The second-order valence-electron chi connectivity index (χ2n) is 4.28. The standard InChI is InChI=1S/C11H14N6S/c1-6-8(12-2)15-9(7-3-4-7)16-10(6)18-11-13-5-14-17-11/h5,7H,3-4H2,1-2H3,(H,12,15,16)(H,13,14,17). The van der Waals surface area contributed by atoms with Crippen LogP contribution in [0.25, 0.3) is 0 Å². The predicted molar refractivity (Wildman–Crippen MR) is 68.8 cm³/mol. The van der Waals surface area contributed by atoms with Crippen molar-refractivity contribution < 1.29 is 0 Å². The number of anilines is 1. The summed E-state index contributed by atoms with van der Waals surface area (Å²) in [6, 6.07) is 0. The Hall–Kier alpha value is -1.63. The number of aromatic amines is 1. The molecule has 2 aromatic rings. The lowest BCUT2D eigenvalue weighted by atomic mass is 10.3. The predicted octanol–water partition coefficient (Wildman–Crippen LogP) is 1.97. The fourth-order valence-corrected chi connectivity index (χ4v) is 2.48. The van der Waals surface area contributed by atoms with E-state index in [2.05, 4.69) is 30.5 Å². The van der Waals surface area contributed by atoms with Crippen LogP contribution in [0.3, 0.4) is 0 Å². The van der Waals surface area contributed by atoms with Gasteiger partial charge >= 0.3 is 0 Å². The minimum Gasteiger partial charge on any atom is -0.373 e. The first-order chi connectivity index (χ1) is 8.78. The highest BCUT2D eigenvalue weighted by atomic mass is 32.2. The van der Waals surface area contributed by atoms with Crippen molar-refractivity contribution >= 4 is 17.6 Å². The third-order valence-electron chi connectivity index (χ3n) is 2.88. The fraction of sp³-hybridized carbons (Fsp3) is 0.455. The van der Waals surface area contributed by atoms with Crippen molar-refractivity contribution in [3.05, 3.63) is 17.7 Å². The summed E-state index contributed by atoms with van der Waals surface area (Å²) < 4.78 is 0. The molecule has 0 unspecified atom stereocenters. The molecule has 0 aliphatic heterocycles. The van der Waals surface area contributed by atoms with Crippen LogP contribution in [0, 0.1) is 6.92 Å². The molecule has 1 aliphatic rings. The molecule has 0 aromatic carbocycles. The second kappa shape index (κ2) is 4.56. The maximum Gasteiger partial charge on any atom is 0.189 e. The van der Waals surface area contributed by atoms with Crippen LogP contribution in [0.4, 0.5) is 5.82 Å². The van der Waals surface area contributed by atoms with E-state index >= 15 is 0 Å². The van der Waals surface area contributed by atoms with Gasteiger partial charge in [-0.2, -0.15) is 5.10 Å². The number of rotatable bonds is 4. The molecule has 94 valence electrons. The van der Waals surface area contributed by atoms with Gasteiger partial charge in [0.05, 0.1) is 0 Å². The number of hydrogen-bond donors (Lipinski definition) is 2. The lowest BCUT2D eigenvalue weighted by Crippen LogP contribution is -2.04. The lowest BCUT2D eigenvalue weighted by molar-refractivity contribution is 0.860. The number of nitrogens with one attached hydrogen (secondary N) is 2. The maximum absolute atomic E-state index is 4.64. The van der Waals surface area contributed by atoms with Crippen LogP contribution in [0.5, 0.6) is 0 Å². The molecule has 2 N–H and O–H groups in total. The van der Waals surface area contributed by atoms with Gasteiger partial charge in [0.1, 0.15) is 23.0 Å². The monoisotopic (exact) mass is 262 g/mol. The van der Waals surface area contributed by atoms with Crippen LogP contribution in [0.1, 0.15) is 30.1 Å². The Labute approximate surface area is 109 Å². The summed E-state index contributed by atoms with van der Waals surface area (Å²) in [7, 11) is 1.88. The molecule has 3 rings (SSSR count). The van der Waals surface area contributed by atoms with E-state index in [9.17, 15) is 0 Å². The zero-order valence-corrected chi connectivity index (χ0v) is 11.1. The zero-order chi connectivity index (χ0) is 12.5. The van der Waals surface area contributed by atoms with Crippen LogP contribution >= 0.6 is 11.8 Å². The Morgan fingerprint density at radius 2 is 2.22 bits per heavy atom. The van der Waals surface area contributed by atoms with E-state index in [1.807, 2.05) is 14.0 Å². The number of hydrogen-bond acceptors (Lipinski definition) is 6. The van der Waals surface area contributed by atoms with Crippen molar-refractivity contribution in [3.8, 4) is 0 Å². The molecule has 2 aromatic heterocycles. The molecule has 0 atom stereocenters. The molecule has 1 fully saturated rings. The van der Waals surface area contributed by atoms with Crippen molar-refractivity contribution in [2.75, 3.05) is 12.4 Å². The van der Waals surface area contributed by atoms with Crippen molar-refractivity contribution in [1.82, 2.24) is 25.1 Å². The second-order valence-corrected chi connectivity index (χ2v) is 5.26. The first-order valence-electron chi connectivity index (χ1n) is 5.87. The average Bonchev–Trinajstić information content (AvgIpc) is 3.11. The van der Waals surface area contributed by atoms with Gasteiger partial charge in [-0.25, -0.2) is 15.0 Å². The number of aromatic nitrogens is 5. The Morgan fingerprint density at radius 3 is 2.83 bits per heavy atom. The van der Waals surface area contributed by atoms with E-state index in [1.54, 1.807) is 0 Å². The Kier molecular flexibility index (Phi) is 2.91. The minimum absolute atomic E-state index is 0.534. The quantitative estimate of drug-likeness (QED) is 0.820. The third-order valence-corrected chi connectivity index (χ3v) is 3.86. The Bertz CT molecular complexity index is 549. The van der Waals surface area contributed by atoms with Gasteiger partial charge in [-0.15, -0.1) is 0 Å². The first-order valence-corrected chi connectivity index (χ1v) is 6.69. The Morgan fingerprint density at radius 1 is 1.39 bits per heavy atom. The van der Waals surface area contributed by atoms with E-state index in [0.717, 1.165) is 27.4 Å². The average molecular weight is 262 g/mol. The smallest absolute Gasteiger partial charge is 0.189 e. The summed E-state index contributed by atoms with van der Waals surface area (Å²) in [6.45, 7) is 2.02. The normalized spacial score (nSPS) is 14.8. The highest BCUT2D eigenvalue weighted by molar-refractivity contribution is 7.99. The van der Waals surface area contributed by atoms with Gasteiger partial charge in [0.15, 0.2) is 5.16 Å². The molecule has 1 saturated carbocycles. The summed E-state index contributed by atoms with van der Waals surface area (Å²) in [6.07, 6.45) is 3.89. The molecule has 2 heterocycles. The van der Waals surface area contributed by atoms with Crippen LogP contribution < -0.4 is 5.32 Å². The van der Waals surface area contributed by atoms with Gasteiger partial charge in [-0.05, 0) is 31.5 Å². The highest BCUT2D eigenvalue weighted by Gasteiger charge is 2.28.